The fourth-order valence-corrected chi connectivity index (χ4v) is 3.13. The summed E-state index contributed by atoms with van der Waals surface area (Å²) in [5, 5.41) is 12.0. The molecule has 1 atom stereocenters. The fraction of sp³-hybridized carbons (Fsp3) is 0.533. The molecular weight excluding hydrogens is 272 g/mol. The summed E-state index contributed by atoms with van der Waals surface area (Å²) in [6, 6.07) is 1.94. The minimum atomic E-state index is -0.171. The number of carbonyl (C=O) groups is 1. The minimum absolute atomic E-state index is 0.0301. The Morgan fingerprint density at radius 3 is 2.85 bits per heavy atom. The number of thiophene rings is 1. The number of nitrogens with zero attached hydrogens (tertiary/aromatic N) is 1. The normalized spacial score (nSPS) is 12.0. The van der Waals surface area contributed by atoms with E-state index in [1.165, 1.54) is 10.4 Å². The first-order chi connectivity index (χ1) is 9.53. The van der Waals surface area contributed by atoms with Gasteiger partial charge in [0.2, 0.25) is 0 Å². The summed E-state index contributed by atoms with van der Waals surface area (Å²) in [5.41, 5.74) is 1.28. The summed E-state index contributed by atoms with van der Waals surface area (Å²) in [4.78, 5) is 16.2. The average molecular weight is 296 g/mol. The van der Waals surface area contributed by atoms with Crippen molar-refractivity contribution in [3.8, 4) is 0 Å². The monoisotopic (exact) mass is 296 g/mol. The highest BCUT2D eigenvalue weighted by Gasteiger charge is 2.17. The Hall–Kier alpha value is -1.33. The molecule has 5 heteroatoms. The highest BCUT2D eigenvalue weighted by Crippen LogP contribution is 2.27. The summed E-state index contributed by atoms with van der Waals surface area (Å²) >= 11 is 1.75. The van der Waals surface area contributed by atoms with Crippen molar-refractivity contribution >= 4 is 17.4 Å². The molecule has 0 aliphatic heterocycles. The van der Waals surface area contributed by atoms with Gasteiger partial charge in [-0.2, -0.15) is 0 Å². The predicted octanol–water partition coefficient (Wildman–Crippen LogP) is 2.87. The van der Waals surface area contributed by atoms with Gasteiger partial charge in [-0.3, -0.25) is 0 Å². The van der Waals surface area contributed by atoms with Gasteiger partial charge in [0, 0.05) is 22.8 Å². The van der Waals surface area contributed by atoms with Crippen LogP contribution in [0, 0.1) is 6.92 Å². The molecule has 4 nitrogen and oxygen atoms in total. The van der Waals surface area contributed by atoms with Crippen LogP contribution in [0.5, 0.6) is 0 Å². The molecule has 112 valence electrons. The maximum absolute atomic E-state index is 12.1. The van der Waals surface area contributed by atoms with Crippen LogP contribution in [0.2, 0.25) is 0 Å². The molecule has 2 N–H and O–H groups in total. The maximum Gasteiger partial charge on any atom is 0.318 e. The van der Waals surface area contributed by atoms with Gasteiger partial charge in [0.25, 0.3) is 0 Å². The predicted molar refractivity (Wildman–Crippen MR) is 84.2 cm³/mol. The standard InChI is InChI=1S/C15H24N2O2S/c1-5-7-17(8-9-18)15(19)16-12(4)14-10-11(3)13(6-2)20-14/h5,10,12,18H,1,6-9H2,2-4H3,(H,16,19). The Kier molecular flexibility index (Phi) is 6.75. The smallest absolute Gasteiger partial charge is 0.318 e. The average Bonchev–Trinajstić information content (AvgIpc) is 2.79. The van der Waals surface area contributed by atoms with Crippen LogP contribution in [0.3, 0.4) is 0 Å². The van der Waals surface area contributed by atoms with Gasteiger partial charge in [-0.1, -0.05) is 13.0 Å². The van der Waals surface area contributed by atoms with Crippen molar-refractivity contribution in [1.29, 1.82) is 0 Å². The summed E-state index contributed by atoms with van der Waals surface area (Å²) in [7, 11) is 0. The van der Waals surface area contributed by atoms with E-state index in [9.17, 15) is 4.79 Å². The number of urea groups is 1. The van der Waals surface area contributed by atoms with E-state index in [-0.39, 0.29) is 18.7 Å². The Balaban J connectivity index is 2.69. The number of carbonyl (C=O) groups excluding carboxylic acids is 1. The van der Waals surface area contributed by atoms with Crippen molar-refractivity contribution in [3.63, 3.8) is 0 Å². The molecule has 1 heterocycles. The highest BCUT2D eigenvalue weighted by molar-refractivity contribution is 7.12. The van der Waals surface area contributed by atoms with Crippen molar-refractivity contribution in [2.75, 3.05) is 19.7 Å². The molecule has 0 bridgehead atoms. The number of aliphatic hydroxyl groups excluding tert-OH is 1. The van der Waals surface area contributed by atoms with Gasteiger partial charge in [-0.25, -0.2) is 4.79 Å². The second-order valence-electron chi connectivity index (χ2n) is 4.74. The quantitative estimate of drug-likeness (QED) is 0.760. The zero-order valence-electron chi connectivity index (χ0n) is 12.5. The van der Waals surface area contributed by atoms with Crippen LogP contribution in [0.1, 0.15) is 35.2 Å². The lowest BCUT2D eigenvalue weighted by molar-refractivity contribution is 0.181. The first-order valence-corrected chi connectivity index (χ1v) is 7.71. The SMILES string of the molecule is C=CCN(CCO)C(=O)NC(C)c1cc(C)c(CC)s1. The zero-order valence-corrected chi connectivity index (χ0v) is 13.3. The number of aliphatic hydroxyl groups is 1. The number of hydrogen-bond donors (Lipinski definition) is 2. The summed E-state index contributed by atoms with van der Waals surface area (Å²) in [6.07, 6.45) is 2.68. The van der Waals surface area contributed by atoms with E-state index in [1.54, 1.807) is 22.3 Å². The van der Waals surface area contributed by atoms with Crippen LogP contribution in [-0.4, -0.2) is 35.7 Å². The van der Waals surface area contributed by atoms with Gasteiger partial charge >= 0.3 is 6.03 Å². The zero-order chi connectivity index (χ0) is 15.1. The van der Waals surface area contributed by atoms with Crippen LogP contribution in [0.25, 0.3) is 0 Å². The van der Waals surface area contributed by atoms with E-state index < -0.39 is 0 Å². The van der Waals surface area contributed by atoms with Crippen LogP contribution >= 0.6 is 11.3 Å². The largest absolute Gasteiger partial charge is 0.395 e. The van der Waals surface area contributed by atoms with Crippen LogP contribution in [-0.2, 0) is 6.42 Å². The lowest BCUT2D eigenvalue weighted by Crippen LogP contribution is -2.42. The van der Waals surface area contributed by atoms with Crippen LogP contribution in [0.15, 0.2) is 18.7 Å². The number of rotatable bonds is 7. The molecule has 0 spiro atoms. The van der Waals surface area contributed by atoms with Gasteiger partial charge in [-0.05, 0) is 31.9 Å². The fourth-order valence-electron chi connectivity index (χ4n) is 2.01. The molecule has 0 fully saturated rings. The molecule has 1 aromatic heterocycles. The molecule has 20 heavy (non-hydrogen) atoms. The first-order valence-electron chi connectivity index (χ1n) is 6.89. The lowest BCUT2D eigenvalue weighted by Gasteiger charge is -2.23. The maximum atomic E-state index is 12.1. The molecule has 0 saturated carbocycles. The molecule has 1 aromatic rings. The van der Waals surface area contributed by atoms with E-state index in [2.05, 4.69) is 31.8 Å². The molecule has 2 amide bonds. The third-order valence-electron chi connectivity index (χ3n) is 3.13. The second-order valence-corrected chi connectivity index (χ2v) is 5.91. The Labute approximate surface area is 125 Å². The topological polar surface area (TPSA) is 52.6 Å². The third-order valence-corrected chi connectivity index (χ3v) is 4.70. The molecule has 0 aromatic carbocycles. The number of aryl methyl sites for hydroxylation is 2. The molecule has 0 aliphatic rings. The molecule has 0 saturated heterocycles. The van der Waals surface area contributed by atoms with Gasteiger partial charge in [0.05, 0.1) is 12.6 Å². The van der Waals surface area contributed by atoms with Crippen LogP contribution in [0.4, 0.5) is 4.79 Å². The minimum Gasteiger partial charge on any atom is -0.395 e. The number of amides is 2. The highest BCUT2D eigenvalue weighted by atomic mass is 32.1. The van der Waals surface area contributed by atoms with E-state index >= 15 is 0 Å². The summed E-state index contributed by atoms with van der Waals surface area (Å²) in [5.74, 6) is 0. The van der Waals surface area contributed by atoms with E-state index in [0.717, 1.165) is 11.3 Å². The Morgan fingerprint density at radius 1 is 1.65 bits per heavy atom. The van der Waals surface area contributed by atoms with Crippen molar-refractivity contribution in [3.05, 3.63) is 34.0 Å². The Morgan fingerprint density at radius 2 is 2.35 bits per heavy atom. The van der Waals surface area contributed by atoms with Gasteiger partial charge in [0.15, 0.2) is 0 Å². The van der Waals surface area contributed by atoms with Crippen molar-refractivity contribution in [1.82, 2.24) is 10.2 Å². The summed E-state index contributed by atoms with van der Waals surface area (Å²) in [6.45, 7) is 10.5. The molecule has 1 rings (SSSR count). The van der Waals surface area contributed by atoms with Crippen molar-refractivity contribution in [2.24, 2.45) is 0 Å². The Bertz CT molecular complexity index is 457. The number of nitrogens with one attached hydrogen (secondary N) is 1. The van der Waals surface area contributed by atoms with Gasteiger partial charge < -0.3 is 15.3 Å². The van der Waals surface area contributed by atoms with E-state index in [0.29, 0.717) is 13.1 Å². The van der Waals surface area contributed by atoms with Crippen molar-refractivity contribution < 1.29 is 9.90 Å². The second kappa shape index (κ2) is 8.07. The number of hydrogen-bond acceptors (Lipinski definition) is 3. The van der Waals surface area contributed by atoms with E-state index in [4.69, 9.17) is 5.11 Å². The first kappa shape index (κ1) is 16.7. The molecule has 1 unspecified atom stereocenters. The summed E-state index contributed by atoms with van der Waals surface area (Å²) < 4.78 is 0. The van der Waals surface area contributed by atoms with Crippen molar-refractivity contribution in [2.45, 2.75) is 33.2 Å². The lowest BCUT2D eigenvalue weighted by atomic mass is 10.2. The van der Waals surface area contributed by atoms with Gasteiger partial charge in [0.1, 0.15) is 0 Å². The molecule has 0 radical (unpaired) electrons. The van der Waals surface area contributed by atoms with Gasteiger partial charge in [-0.15, -0.1) is 17.9 Å². The third kappa shape index (κ3) is 4.35. The molecule has 0 aliphatic carbocycles. The molecular formula is C15H24N2O2S. The van der Waals surface area contributed by atoms with Crippen LogP contribution < -0.4 is 5.32 Å². The van der Waals surface area contributed by atoms with E-state index in [1.807, 2.05) is 6.92 Å².